The smallest absolute Gasteiger partial charge is 0.335 e. The average molecular weight is 439 g/mol. The minimum atomic E-state index is -0.855. The molecule has 0 bridgehead atoms. The third-order valence-electron chi connectivity index (χ3n) is 6.21. The number of rotatable bonds is 3. The number of imidazole rings is 1. The van der Waals surface area contributed by atoms with Crippen LogP contribution >= 0.6 is 11.8 Å². The van der Waals surface area contributed by atoms with Gasteiger partial charge in [-0.15, -0.1) is 11.8 Å². The highest BCUT2D eigenvalue weighted by atomic mass is 32.2. The number of methoxy groups -OCH3 is 1. The lowest BCUT2D eigenvalue weighted by atomic mass is 9.81. The molecule has 0 amide bonds. The van der Waals surface area contributed by atoms with Crippen LogP contribution in [0.4, 0.5) is 0 Å². The standard InChI is InChI=1S/C26H18N2O3S/c1-31-24(30)20-21-23(29)28-19-15-9-8-14-18(19)27-25(28)26(21,17-12-6-3-7-13-17)32-22(20)16-10-4-2-5-11-16/h2-15,21H,1H3/t21-,26-/m1/s1. The molecule has 2 atom stereocenters. The summed E-state index contributed by atoms with van der Waals surface area (Å²) in [7, 11) is 1.36. The molecular weight excluding hydrogens is 420 g/mol. The molecule has 32 heavy (non-hydrogen) atoms. The molecule has 0 saturated carbocycles. The number of carbonyl (C=O) groups excluding carboxylic acids is 2. The number of hydrogen-bond acceptors (Lipinski definition) is 5. The summed E-state index contributed by atoms with van der Waals surface area (Å²) in [6.45, 7) is 0. The van der Waals surface area contributed by atoms with Crippen molar-refractivity contribution in [2.75, 3.05) is 7.11 Å². The summed E-state index contributed by atoms with van der Waals surface area (Å²) in [4.78, 5) is 32.8. The maximum atomic E-state index is 14.0. The van der Waals surface area contributed by atoms with Crippen molar-refractivity contribution < 1.29 is 14.3 Å². The van der Waals surface area contributed by atoms with E-state index < -0.39 is 16.6 Å². The highest BCUT2D eigenvalue weighted by molar-refractivity contribution is 8.09. The first kappa shape index (κ1) is 19.1. The zero-order chi connectivity index (χ0) is 21.9. The van der Waals surface area contributed by atoms with Crippen molar-refractivity contribution in [2.24, 2.45) is 5.92 Å². The fourth-order valence-electron chi connectivity index (χ4n) is 4.87. The molecule has 6 rings (SSSR count). The van der Waals surface area contributed by atoms with Crippen LogP contribution in [0, 0.1) is 5.92 Å². The van der Waals surface area contributed by atoms with Crippen molar-refractivity contribution in [3.8, 4) is 0 Å². The van der Waals surface area contributed by atoms with Gasteiger partial charge in [0.25, 0.3) is 0 Å². The van der Waals surface area contributed by atoms with E-state index in [1.165, 1.54) is 18.9 Å². The van der Waals surface area contributed by atoms with Crippen molar-refractivity contribution in [1.82, 2.24) is 9.55 Å². The summed E-state index contributed by atoms with van der Waals surface area (Å²) in [6, 6.07) is 27.2. The summed E-state index contributed by atoms with van der Waals surface area (Å²) in [5.74, 6) is -0.721. The van der Waals surface area contributed by atoms with E-state index >= 15 is 0 Å². The lowest BCUT2D eigenvalue weighted by molar-refractivity contribution is -0.136. The van der Waals surface area contributed by atoms with E-state index in [4.69, 9.17) is 9.72 Å². The first-order chi connectivity index (χ1) is 15.7. The molecule has 0 unspecified atom stereocenters. The van der Waals surface area contributed by atoms with Gasteiger partial charge in [-0.3, -0.25) is 9.36 Å². The maximum absolute atomic E-state index is 14.0. The normalized spacial score (nSPS) is 21.7. The largest absolute Gasteiger partial charge is 0.466 e. The quantitative estimate of drug-likeness (QED) is 0.427. The first-order valence-electron chi connectivity index (χ1n) is 10.3. The van der Waals surface area contributed by atoms with Crippen molar-refractivity contribution in [3.05, 3.63) is 107 Å². The number of thioether (sulfide) groups is 1. The van der Waals surface area contributed by atoms with Gasteiger partial charge < -0.3 is 4.74 Å². The summed E-state index contributed by atoms with van der Waals surface area (Å²) in [5, 5.41) is 0. The Balaban J connectivity index is 1.69. The van der Waals surface area contributed by atoms with Crippen molar-refractivity contribution in [3.63, 3.8) is 0 Å². The Hall–Kier alpha value is -3.64. The molecule has 1 aromatic heterocycles. The molecule has 3 heterocycles. The van der Waals surface area contributed by atoms with E-state index in [1.807, 2.05) is 84.9 Å². The summed E-state index contributed by atoms with van der Waals surface area (Å²) in [5.41, 5.74) is 3.73. The Morgan fingerprint density at radius 3 is 2.34 bits per heavy atom. The third kappa shape index (κ3) is 2.38. The van der Waals surface area contributed by atoms with E-state index in [0.29, 0.717) is 11.4 Å². The molecule has 0 N–H and O–H groups in total. The third-order valence-corrected chi connectivity index (χ3v) is 7.84. The lowest BCUT2D eigenvalue weighted by Gasteiger charge is -2.27. The van der Waals surface area contributed by atoms with Crippen LogP contribution in [0.3, 0.4) is 0 Å². The molecular formula is C26H18N2O3S. The minimum Gasteiger partial charge on any atom is -0.466 e. The Morgan fingerprint density at radius 2 is 1.62 bits per heavy atom. The first-order valence-corrected chi connectivity index (χ1v) is 11.1. The van der Waals surface area contributed by atoms with Crippen molar-refractivity contribution >= 4 is 39.6 Å². The molecule has 156 valence electrons. The number of para-hydroxylation sites is 2. The Labute approximate surface area is 188 Å². The molecule has 6 heteroatoms. The van der Waals surface area contributed by atoms with Crippen LogP contribution in [0.5, 0.6) is 0 Å². The molecule has 3 aromatic carbocycles. The Bertz CT molecular complexity index is 1430. The van der Waals surface area contributed by atoms with E-state index in [1.54, 1.807) is 4.57 Å². The number of ether oxygens (including phenoxy) is 1. The summed E-state index contributed by atoms with van der Waals surface area (Å²) in [6.07, 6.45) is 0. The monoisotopic (exact) mass is 438 g/mol. The number of nitrogens with zero attached hydrogens (tertiary/aromatic N) is 2. The molecule has 0 fully saturated rings. The number of hydrogen-bond donors (Lipinski definition) is 0. The van der Waals surface area contributed by atoms with Gasteiger partial charge in [-0.1, -0.05) is 72.8 Å². The van der Waals surface area contributed by atoms with Gasteiger partial charge in [0.2, 0.25) is 5.91 Å². The number of benzene rings is 3. The van der Waals surface area contributed by atoms with Crippen LogP contribution in [-0.2, 0) is 14.3 Å². The Kier molecular flexibility index (Phi) is 4.13. The van der Waals surface area contributed by atoms with Crippen LogP contribution in [0.1, 0.15) is 21.7 Å². The molecule has 5 nitrogen and oxygen atoms in total. The van der Waals surface area contributed by atoms with Crippen LogP contribution in [-0.4, -0.2) is 28.5 Å². The van der Waals surface area contributed by atoms with Gasteiger partial charge in [-0.05, 0) is 23.3 Å². The maximum Gasteiger partial charge on any atom is 0.335 e. The van der Waals surface area contributed by atoms with Crippen molar-refractivity contribution in [1.29, 1.82) is 0 Å². The van der Waals surface area contributed by atoms with Gasteiger partial charge in [0.1, 0.15) is 10.6 Å². The van der Waals surface area contributed by atoms with Crippen LogP contribution < -0.4 is 0 Å². The topological polar surface area (TPSA) is 61.2 Å². The fraction of sp³-hybridized carbons (Fsp3) is 0.115. The molecule has 4 aromatic rings. The van der Waals surface area contributed by atoms with E-state index in [-0.39, 0.29) is 5.91 Å². The summed E-state index contributed by atoms with van der Waals surface area (Å²) >= 11 is 1.52. The predicted octanol–water partition coefficient (Wildman–Crippen LogP) is 4.88. The molecule has 0 radical (unpaired) electrons. The molecule has 2 aliphatic rings. The van der Waals surface area contributed by atoms with Gasteiger partial charge in [-0.2, -0.15) is 0 Å². The van der Waals surface area contributed by atoms with Crippen molar-refractivity contribution in [2.45, 2.75) is 4.75 Å². The number of esters is 1. The van der Waals surface area contributed by atoms with Crippen LogP contribution in [0.2, 0.25) is 0 Å². The number of aromatic nitrogens is 2. The van der Waals surface area contributed by atoms with Gasteiger partial charge >= 0.3 is 5.97 Å². The second-order valence-corrected chi connectivity index (χ2v) is 9.09. The van der Waals surface area contributed by atoms with E-state index in [2.05, 4.69) is 0 Å². The highest BCUT2D eigenvalue weighted by Gasteiger charge is 2.64. The zero-order valence-corrected chi connectivity index (χ0v) is 18.0. The fourth-order valence-corrected chi connectivity index (χ4v) is 6.58. The van der Waals surface area contributed by atoms with Crippen LogP contribution in [0.25, 0.3) is 15.9 Å². The SMILES string of the molecule is COC(=O)C1=C(c2ccccc2)S[C@@]2(c3ccccc3)c3nc4ccccc4n3C(=O)[C@@H]12. The van der Waals surface area contributed by atoms with E-state index in [0.717, 1.165) is 27.1 Å². The number of carbonyl (C=O) groups is 2. The predicted molar refractivity (Wildman–Crippen MR) is 124 cm³/mol. The van der Waals surface area contributed by atoms with Gasteiger partial charge in [0, 0.05) is 4.91 Å². The average Bonchev–Trinajstić information content (AvgIpc) is 3.48. The molecule has 2 aliphatic heterocycles. The van der Waals surface area contributed by atoms with Gasteiger partial charge in [-0.25, -0.2) is 9.78 Å². The lowest BCUT2D eigenvalue weighted by Crippen LogP contribution is -2.32. The second-order valence-electron chi connectivity index (χ2n) is 7.83. The second kappa shape index (κ2) is 6.93. The molecule has 0 aliphatic carbocycles. The highest BCUT2D eigenvalue weighted by Crippen LogP contribution is 2.65. The Morgan fingerprint density at radius 1 is 0.969 bits per heavy atom. The van der Waals surface area contributed by atoms with Gasteiger partial charge in [0.05, 0.1) is 29.6 Å². The number of fused-ring (bicyclic) bond motifs is 5. The minimum absolute atomic E-state index is 0.156. The molecule has 0 spiro atoms. The van der Waals surface area contributed by atoms with E-state index in [9.17, 15) is 9.59 Å². The zero-order valence-electron chi connectivity index (χ0n) is 17.2. The summed E-state index contributed by atoms with van der Waals surface area (Å²) < 4.78 is 6.02. The van der Waals surface area contributed by atoms with Gasteiger partial charge in [0.15, 0.2) is 0 Å². The molecule has 0 saturated heterocycles. The van der Waals surface area contributed by atoms with Crippen LogP contribution in [0.15, 0.2) is 90.5 Å².